The molecule has 1 amide bonds. The third-order valence-electron chi connectivity index (χ3n) is 4.31. The van der Waals surface area contributed by atoms with Crippen LogP contribution < -0.4 is 0 Å². The van der Waals surface area contributed by atoms with E-state index in [1.165, 1.54) is 5.56 Å². The topological polar surface area (TPSA) is 95.5 Å². The van der Waals surface area contributed by atoms with E-state index in [-0.39, 0.29) is 18.1 Å². The molecule has 0 bridgehead atoms. The average Bonchev–Trinajstić information content (AvgIpc) is 3.32. The Morgan fingerprint density at radius 3 is 2.46 bits per heavy atom. The molecule has 0 spiro atoms. The zero-order valence-corrected chi connectivity index (χ0v) is 15.0. The summed E-state index contributed by atoms with van der Waals surface area (Å²) in [7, 11) is 1.72. The number of pyridine rings is 1. The van der Waals surface area contributed by atoms with E-state index < -0.39 is 12.1 Å². The normalized spacial score (nSPS) is 19.1. The second-order valence-electron chi connectivity index (χ2n) is 6.08. The van der Waals surface area contributed by atoms with Crippen molar-refractivity contribution < 1.29 is 32.6 Å². The number of likely N-dealkylation sites (tertiary alicyclic amines) is 1. The number of halogens is 3. The number of methoxy groups -OCH3 is 1. The quantitative estimate of drug-likeness (QED) is 0.824. The number of aromatic amines is 1. The predicted octanol–water partition coefficient (Wildman–Crippen LogP) is 2.52. The summed E-state index contributed by atoms with van der Waals surface area (Å²) in [5.41, 5.74) is 1.80. The van der Waals surface area contributed by atoms with E-state index in [0.29, 0.717) is 5.69 Å². The van der Waals surface area contributed by atoms with Gasteiger partial charge >= 0.3 is 12.1 Å². The van der Waals surface area contributed by atoms with E-state index in [0.717, 1.165) is 19.4 Å². The zero-order chi connectivity index (χ0) is 20.7. The summed E-state index contributed by atoms with van der Waals surface area (Å²) < 4.78 is 37.3. The SMILES string of the molecule is CO[C@@H]1CCN(C(=O)c2ccc[nH]2)[C@H]1Cc1ccncc1.O=C(O)C(F)(F)F. The van der Waals surface area contributed by atoms with Gasteiger partial charge in [0.05, 0.1) is 12.1 Å². The molecule has 7 nitrogen and oxygen atoms in total. The fourth-order valence-electron chi connectivity index (χ4n) is 2.97. The number of H-pyrrole nitrogens is 1. The van der Waals surface area contributed by atoms with Crippen LogP contribution in [0.2, 0.25) is 0 Å². The fraction of sp³-hybridized carbons (Fsp3) is 0.389. The third-order valence-corrected chi connectivity index (χ3v) is 4.31. The van der Waals surface area contributed by atoms with Gasteiger partial charge in [0.1, 0.15) is 5.69 Å². The Kier molecular flexibility index (Phi) is 7.16. The molecule has 3 rings (SSSR count). The van der Waals surface area contributed by atoms with Crippen molar-refractivity contribution >= 4 is 11.9 Å². The molecule has 2 aromatic heterocycles. The van der Waals surface area contributed by atoms with Crippen LogP contribution in [0.15, 0.2) is 42.9 Å². The van der Waals surface area contributed by atoms with Gasteiger partial charge in [-0.25, -0.2) is 4.79 Å². The first-order chi connectivity index (χ1) is 13.2. The second-order valence-corrected chi connectivity index (χ2v) is 6.08. The molecule has 0 aliphatic carbocycles. The van der Waals surface area contributed by atoms with Crippen molar-refractivity contribution in [3.63, 3.8) is 0 Å². The molecule has 0 unspecified atom stereocenters. The van der Waals surface area contributed by atoms with Crippen LogP contribution in [0.3, 0.4) is 0 Å². The van der Waals surface area contributed by atoms with Crippen LogP contribution in [0.4, 0.5) is 13.2 Å². The Hall–Kier alpha value is -2.88. The molecule has 10 heteroatoms. The number of aromatic nitrogens is 2. The van der Waals surface area contributed by atoms with Crippen LogP contribution in [-0.4, -0.2) is 63.8 Å². The number of carbonyl (C=O) groups is 2. The van der Waals surface area contributed by atoms with Gasteiger partial charge in [-0.15, -0.1) is 0 Å². The lowest BCUT2D eigenvalue weighted by atomic mass is 10.0. The molecule has 1 saturated heterocycles. The number of hydrogen-bond acceptors (Lipinski definition) is 4. The molecule has 3 heterocycles. The molecule has 1 aliphatic heterocycles. The lowest BCUT2D eigenvalue weighted by Gasteiger charge is -2.27. The number of carbonyl (C=O) groups excluding carboxylic acids is 1. The van der Waals surface area contributed by atoms with Crippen molar-refractivity contribution in [2.45, 2.75) is 31.2 Å². The highest BCUT2D eigenvalue weighted by atomic mass is 19.4. The first-order valence-corrected chi connectivity index (χ1v) is 8.40. The van der Waals surface area contributed by atoms with Gasteiger partial charge in [0.2, 0.25) is 0 Å². The molecule has 2 N–H and O–H groups in total. The van der Waals surface area contributed by atoms with Crippen LogP contribution in [-0.2, 0) is 16.0 Å². The number of nitrogens with zero attached hydrogens (tertiary/aromatic N) is 2. The van der Waals surface area contributed by atoms with Crippen LogP contribution >= 0.6 is 0 Å². The highest BCUT2D eigenvalue weighted by Crippen LogP contribution is 2.25. The maximum Gasteiger partial charge on any atom is 0.490 e. The number of hydrogen-bond donors (Lipinski definition) is 2. The van der Waals surface area contributed by atoms with Gasteiger partial charge in [0, 0.05) is 32.2 Å². The summed E-state index contributed by atoms with van der Waals surface area (Å²) in [6.45, 7) is 0.728. The van der Waals surface area contributed by atoms with Gasteiger partial charge in [-0.3, -0.25) is 9.78 Å². The van der Waals surface area contributed by atoms with Gasteiger partial charge in [0.25, 0.3) is 5.91 Å². The number of ether oxygens (including phenoxy) is 1. The first-order valence-electron chi connectivity index (χ1n) is 8.40. The van der Waals surface area contributed by atoms with Crippen LogP contribution in [0, 0.1) is 0 Å². The Labute approximate surface area is 159 Å². The smallest absolute Gasteiger partial charge is 0.475 e. The molecule has 0 saturated carbocycles. The number of alkyl halides is 3. The minimum atomic E-state index is -5.08. The molecule has 2 atom stereocenters. The second kappa shape index (κ2) is 9.36. The Morgan fingerprint density at radius 2 is 1.96 bits per heavy atom. The monoisotopic (exact) mass is 399 g/mol. The maximum absolute atomic E-state index is 12.6. The number of carboxylic acids is 1. The lowest BCUT2D eigenvalue weighted by molar-refractivity contribution is -0.192. The largest absolute Gasteiger partial charge is 0.490 e. The van der Waals surface area contributed by atoms with E-state index >= 15 is 0 Å². The molecular formula is C18H20F3N3O4. The molecule has 2 aromatic rings. The first kappa shape index (κ1) is 21.4. The van der Waals surface area contributed by atoms with Gasteiger partial charge in [0.15, 0.2) is 0 Å². The van der Waals surface area contributed by atoms with E-state index in [4.69, 9.17) is 14.6 Å². The van der Waals surface area contributed by atoms with Crippen LogP contribution in [0.5, 0.6) is 0 Å². The van der Waals surface area contributed by atoms with Gasteiger partial charge in [-0.05, 0) is 42.7 Å². The fourth-order valence-corrected chi connectivity index (χ4v) is 2.97. The molecule has 0 aromatic carbocycles. The van der Waals surface area contributed by atoms with Crippen molar-refractivity contribution in [3.8, 4) is 0 Å². The Morgan fingerprint density at radius 1 is 1.32 bits per heavy atom. The van der Waals surface area contributed by atoms with Crippen molar-refractivity contribution in [2.75, 3.05) is 13.7 Å². The highest BCUT2D eigenvalue weighted by Gasteiger charge is 2.38. The minimum absolute atomic E-state index is 0.0404. The minimum Gasteiger partial charge on any atom is -0.475 e. The van der Waals surface area contributed by atoms with Crippen molar-refractivity contribution in [1.29, 1.82) is 0 Å². The van der Waals surface area contributed by atoms with Gasteiger partial charge < -0.3 is 19.7 Å². The zero-order valence-electron chi connectivity index (χ0n) is 15.0. The number of nitrogens with one attached hydrogen (secondary N) is 1. The van der Waals surface area contributed by atoms with Crippen molar-refractivity contribution in [1.82, 2.24) is 14.9 Å². The predicted molar refractivity (Wildman–Crippen MR) is 92.7 cm³/mol. The van der Waals surface area contributed by atoms with E-state index in [9.17, 15) is 18.0 Å². The number of carboxylic acid groups (broad SMARTS) is 1. The van der Waals surface area contributed by atoms with E-state index in [2.05, 4.69) is 9.97 Å². The van der Waals surface area contributed by atoms with Crippen LogP contribution in [0.1, 0.15) is 22.5 Å². The highest BCUT2D eigenvalue weighted by molar-refractivity contribution is 5.92. The Balaban J connectivity index is 0.000000345. The summed E-state index contributed by atoms with van der Waals surface area (Å²) in [4.78, 5) is 30.4. The maximum atomic E-state index is 12.6. The molecule has 1 fully saturated rings. The summed E-state index contributed by atoms with van der Waals surface area (Å²) in [5.74, 6) is -2.72. The summed E-state index contributed by atoms with van der Waals surface area (Å²) in [5, 5.41) is 7.12. The number of aliphatic carboxylic acids is 1. The molecular weight excluding hydrogens is 379 g/mol. The van der Waals surface area contributed by atoms with Gasteiger partial charge in [-0.2, -0.15) is 13.2 Å². The number of amides is 1. The van der Waals surface area contributed by atoms with Crippen LogP contribution in [0.25, 0.3) is 0 Å². The lowest BCUT2D eigenvalue weighted by Crippen LogP contribution is -2.41. The average molecular weight is 399 g/mol. The summed E-state index contributed by atoms with van der Waals surface area (Å²) in [6, 6.07) is 7.69. The van der Waals surface area contributed by atoms with E-state index in [1.54, 1.807) is 25.7 Å². The third kappa shape index (κ3) is 5.56. The summed E-state index contributed by atoms with van der Waals surface area (Å²) in [6.07, 6.45) is 1.99. The number of rotatable bonds is 4. The molecule has 152 valence electrons. The summed E-state index contributed by atoms with van der Waals surface area (Å²) >= 11 is 0. The molecule has 28 heavy (non-hydrogen) atoms. The Bertz CT molecular complexity index is 766. The standard InChI is InChI=1S/C16H19N3O2.C2HF3O2/c1-21-15-6-10-19(16(20)13-3-2-7-18-13)14(15)11-12-4-8-17-9-5-12;3-2(4,5)1(6)7/h2-5,7-9,14-15,18H,6,10-11H2,1H3;(H,6,7)/t14-,15+;/m0./s1. The molecule has 1 aliphatic rings. The van der Waals surface area contributed by atoms with E-state index in [1.807, 2.05) is 29.2 Å². The van der Waals surface area contributed by atoms with Gasteiger partial charge in [-0.1, -0.05) is 0 Å². The van der Waals surface area contributed by atoms with Crippen molar-refractivity contribution in [3.05, 3.63) is 54.1 Å². The van der Waals surface area contributed by atoms with Crippen molar-refractivity contribution in [2.24, 2.45) is 0 Å². The molecule has 0 radical (unpaired) electrons.